The third-order valence-electron chi connectivity index (χ3n) is 3.24. The van der Waals surface area contributed by atoms with E-state index in [1.807, 2.05) is 13.8 Å². The number of rotatable bonds is 14. The molecule has 0 radical (unpaired) electrons. The normalized spacial score (nSPS) is 13.1. The Hall–Kier alpha value is -0.160. The van der Waals surface area contributed by atoms with Crippen LogP contribution in [0.15, 0.2) is 0 Å². The van der Waals surface area contributed by atoms with Gasteiger partial charge >= 0.3 is 0 Å². The Kier molecular flexibility index (Phi) is 14.1. The van der Waals surface area contributed by atoms with Crippen LogP contribution in [0.5, 0.6) is 0 Å². The molecule has 1 N–H and O–H groups in total. The fourth-order valence-electron chi connectivity index (χ4n) is 2.00. The van der Waals surface area contributed by atoms with Crippen LogP contribution in [-0.2, 0) is 9.47 Å². The lowest BCUT2D eigenvalue weighted by Crippen LogP contribution is -2.40. The van der Waals surface area contributed by atoms with Crippen molar-refractivity contribution in [2.45, 2.75) is 46.6 Å². The molecule has 0 bridgehead atoms. The molecule has 116 valence electrons. The van der Waals surface area contributed by atoms with E-state index in [0.29, 0.717) is 6.04 Å². The maximum atomic E-state index is 5.47. The summed E-state index contributed by atoms with van der Waals surface area (Å²) in [6.45, 7) is 16.0. The van der Waals surface area contributed by atoms with E-state index in [1.165, 1.54) is 12.8 Å². The summed E-state index contributed by atoms with van der Waals surface area (Å²) in [5.74, 6) is 0. The number of ether oxygens (including phenoxy) is 2. The zero-order chi connectivity index (χ0) is 14.3. The van der Waals surface area contributed by atoms with Crippen molar-refractivity contribution >= 4 is 0 Å². The summed E-state index contributed by atoms with van der Waals surface area (Å²) >= 11 is 0. The van der Waals surface area contributed by atoms with E-state index in [1.54, 1.807) is 0 Å². The van der Waals surface area contributed by atoms with Gasteiger partial charge in [-0.3, -0.25) is 4.90 Å². The molecule has 0 amide bonds. The lowest BCUT2D eigenvalue weighted by atomic mass is 10.2. The second-order valence-electron chi connectivity index (χ2n) is 4.82. The Morgan fingerprint density at radius 2 is 1.53 bits per heavy atom. The Morgan fingerprint density at radius 1 is 0.947 bits per heavy atom. The molecule has 0 aromatic heterocycles. The average Bonchev–Trinajstić information content (AvgIpc) is 2.42. The van der Waals surface area contributed by atoms with Crippen molar-refractivity contribution < 1.29 is 9.47 Å². The minimum absolute atomic E-state index is 0.574. The minimum Gasteiger partial charge on any atom is -0.380 e. The molecule has 4 nitrogen and oxygen atoms in total. The van der Waals surface area contributed by atoms with Crippen molar-refractivity contribution in [1.82, 2.24) is 10.2 Å². The van der Waals surface area contributed by atoms with Crippen LogP contribution in [0, 0.1) is 0 Å². The van der Waals surface area contributed by atoms with E-state index in [4.69, 9.17) is 9.47 Å². The summed E-state index contributed by atoms with van der Waals surface area (Å²) in [6, 6.07) is 0.574. The van der Waals surface area contributed by atoms with Crippen molar-refractivity contribution in [3.05, 3.63) is 0 Å². The molecule has 1 unspecified atom stereocenters. The molecule has 0 saturated heterocycles. The maximum Gasteiger partial charge on any atom is 0.0593 e. The highest BCUT2D eigenvalue weighted by Crippen LogP contribution is 2.03. The predicted molar refractivity (Wildman–Crippen MR) is 81.8 cm³/mol. The van der Waals surface area contributed by atoms with E-state index in [0.717, 1.165) is 52.6 Å². The number of nitrogens with one attached hydrogen (secondary N) is 1. The molecule has 0 aromatic carbocycles. The summed E-state index contributed by atoms with van der Waals surface area (Å²) < 4.78 is 10.9. The van der Waals surface area contributed by atoms with Gasteiger partial charge in [0.2, 0.25) is 0 Å². The van der Waals surface area contributed by atoms with Crippen molar-refractivity contribution in [3.8, 4) is 0 Å². The van der Waals surface area contributed by atoms with E-state index in [2.05, 4.69) is 24.1 Å². The van der Waals surface area contributed by atoms with Crippen molar-refractivity contribution in [2.24, 2.45) is 0 Å². The molecule has 19 heavy (non-hydrogen) atoms. The average molecular weight is 274 g/mol. The molecule has 4 heteroatoms. The third-order valence-corrected chi connectivity index (χ3v) is 3.24. The van der Waals surface area contributed by atoms with Gasteiger partial charge in [-0.25, -0.2) is 0 Å². The van der Waals surface area contributed by atoms with Gasteiger partial charge in [-0.15, -0.1) is 0 Å². The zero-order valence-electron chi connectivity index (χ0n) is 13.4. The summed E-state index contributed by atoms with van der Waals surface area (Å²) in [7, 11) is 0. The van der Waals surface area contributed by atoms with Crippen LogP contribution in [0.2, 0.25) is 0 Å². The van der Waals surface area contributed by atoms with Gasteiger partial charge in [0.25, 0.3) is 0 Å². The van der Waals surface area contributed by atoms with Crippen LogP contribution < -0.4 is 5.32 Å². The van der Waals surface area contributed by atoms with Gasteiger partial charge in [0, 0.05) is 32.3 Å². The fourth-order valence-corrected chi connectivity index (χ4v) is 2.00. The maximum absolute atomic E-state index is 5.47. The smallest absolute Gasteiger partial charge is 0.0593 e. The fraction of sp³-hybridized carbons (Fsp3) is 1.00. The molecule has 0 aromatic rings. The van der Waals surface area contributed by atoms with Gasteiger partial charge in [-0.05, 0) is 46.7 Å². The van der Waals surface area contributed by atoms with E-state index in [9.17, 15) is 0 Å². The van der Waals surface area contributed by atoms with Crippen LogP contribution in [0.4, 0.5) is 0 Å². The second-order valence-corrected chi connectivity index (χ2v) is 4.82. The summed E-state index contributed by atoms with van der Waals surface area (Å²) in [5, 5.41) is 3.47. The highest BCUT2D eigenvalue weighted by Gasteiger charge is 2.13. The topological polar surface area (TPSA) is 33.7 Å². The molecule has 0 aliphatic heterocycles. The first-order valence-electron chi connectivity index (χ1n) is 7.86. The van der Waals surface area contributed by atoms with Crippen LogP contribution in [-0.4, -0.2) is 63.5 Å². The quantitative estimate of drug-likeness (QED) is 0.492. The SMILES string of the molecule is CCCNCCC(C)N(CCOCC)CCOCC. The lowest BCUT2D eigenvalue weighted by Gasteiger charge is -2.29. The van der Waals surface area contributed by atoms with Crippen molar-refractivity contribution in [3.63, 3.8) is 0 Å². The number of hydrogen-bond donors (Lipinski definition) is 1. The number of hydrogen-bond acceptors (Lipinski definition) is 4. The Bertz CT molecular complexity index is 170. The van der Waals surface area contributed by atoms with Crippen LogP contribution in [0.3, 0.4) is 0 Å². The van der Waals surface area contributed by atoms with Gasteiger partial charge in [0.1, 0.15) is 0 Å². The minimum atomic E-state index is 0.574. The first-order valence-corrected chi connectivity index (χ1v) is 7.86. The molecule has 0 aliphatic carbocycles. The summed E-state index contributed by atoms with van der Waals surface area (Å²) in [5.41, 5.74) is 0. The van der Waals surface area contributed by atoms with Gasteiger partial charge in [-0.2, -0.15) is 0 Å². The molecule has 0 fully saturated rings. The highest BCUT2D eigenvalue weighted by atomic mass is 16.5. The predicted octanol–water partition coefficient (Wildman–Crippen LogP) is 2.14. The largest absolute Gasteiger partial charge is 0.380 e. The van der Waals surface area contributed by atoms with E-state index >= 15 is 0 Å². The van der Waals surface area contributed by atoms with Crippen molar-refractivity contribution in [1.29, 1.82) is 0 Å². The molecule has 0 saturated carbocycles. The van der Waals surface area contributed by atoms with Gasteiger partial charge in [-0.1, -0.05) is 6.92 Å². The Balaban J connectivity index is 3.90. The number of nitrogens with zero attached hydrogens (tertiary/aromatic N) is 1. The third kappa shape index (κ3) is 11.4. The highest BCUT2D eigenvalue weighted by molar-refractivity contribution is 4.68. The van der Waals surface area contributed by atoms with Crippen molar-refractivity contribution in [2.75, 3.05) is 52.6 Å². The molecular weight excluding hydrogens is 240 g/mol. The first-order chi connectivity index (χ1) is 9.26. The molecule has 0 aliphatic rings. The zero-order valence-corrected chi connectivity index (χ0v) is 13.4. The van der Waals surface area contributed by atoms with Gasteiger partial charge in [0.05, 0.1) is 13.2 Å². The standard InChI is InChI=1S/C15H34N2O2/c1-5-9-16-10-8-15(4)17(11-13-18-6-2)12-14-19-7-3/h15-16H,5-14H2,1-4H3. The summed E-state index contributed by atoms with van der Waals surface area (Å²) in [4.78, 5) is 2.47. The first kappa shape index (κ1) is 18.8. The Labute approximate surface area is 119 Å². The van der Waals surface area contributed by atoms with Crippen LogP contribution >= 0.6 is 0 Å². The van der Waals surface area contributed by atoms with Gasteiger partial charge < -0.3 is 14.8 Å². The Morgan fingerprint density at radius 3 is 2.00 bits per heavy atom. The molecule has 0 heterocycles. The van der Waals surface area contributed by atoms with Crippen LogP contribution in [0.25, 0.3) is 0 Å². The molecule has 1 atom stereocenters. The van der Waals surface area contributed by atoms with Gasteiger partial charge in [0.15, 0.2) is 0 Å². The second kappa shape index (κ2) is 14.3. The lowest BCUT2D eigenvalue weighted by molar-refractivity contribution is 0.0645. The van der Waals surface area contributed by atoms with E-state index < -0.39 is 0 Å². The van der Waals surface area contributed by atoms with Crippen LogP contribution in [0.1, 0.15) is 40.5 Å². The monoisotopic (exact) mass is 274 g/mol. The summed E-state index contributed by atoms with van der Waals surface area (Å²) in [6.07, 6.45) is 2.38. The van der Waals surface area contributed by atoms with E-state index in [-0.39, 0.29) is 0 Å². The molecular formula is C15H34N2O2. The molecule has 0 spiro atoms. The molecule has 0 rings (SSSR count).